The van der Waals surface area contributed by atoms with Crippen molar-refractivity contribution >= 4 is 29.8 Å². The Balaban J connectivity index is 5.80. The van der Waals surface area contributed by atoms with Gasteiger partial charge >= 0.3 is 29.8 Å². The second-order valence-corrected chi connectivity index (χ2v) is 5.41. The Morgan fingerprint density at radius 2 is 1.04 bits per heavy atom. The van der Waals surface area contributed by atoms with Crippen LogP contribution in [0.1, 0.15) is 41.5 Å². The molecular formula is C16H24O10. The quantitative estimate of drug-likeness (QED) is 0.409. The van der Waals surface area contributed by atoms with Gasteiger partial charge in [0.15, 0.2) is 18.3 Å². The maximum absolute atomic E-state index is 11.5. The highest BCUT2D eigenvalue weighted by Crippen LogP contribution is 2.19. The Morgan fingerprint density at radius 1 is 0.615 bits per heavy atom. The van der Waals surface area contributed by atoms with Crippen LogP contribution in [0, 0.1) is 0 Å². The number of rotatable bonds is 9. The molecule has 0 N–H and O–H groups in total. The second-order valence-electron chi connectivity index (χ2n) is 5.41. The summed E-state index contributed by atoms with van der Waals surface area (Å²) in [7, 11) is 0. The molecule has 0 aliphatic carbocycles. The molecule has 0 aliphatic heterocycles. The molecule has 26 heavy (non-hydrogen) atoms. The van der Waals surface area contributed by atoms with E-state index in [9.17, 15) is 24.0 Å². The first-order valence-electron chi connectivity index (χ1n) is 7.76. The summed E-state index contributed by atoms with van der Waals surface area (Å²) in [6, 6.07) is 0. The summed E-state index contributed by atoms with van der Waals surface area (Å²) in [5.41, 5.74) is 0. The predicted molar refractivity (Wildman–Crippen MR) is 84.5 cm³/mol. The number of hydrogen-bond donors (Lipinski definition) is 0. The Hall–Kier alpha value is -2.65. The van der Waals surface area contributed by atoms with E-state index in [4.69, 9.17) is 23.7 Å². The van der Waals surface area contributed by atoms with Gasteiger partial charge in [0.25, 0.3) is 0 Å². The van der Waals surface area contributed by atoms with Gasteiger partial charge in [-0.2, -0.15) is 0 Å². The van der Waals surface area contributed by atoms with Crippen LogP contribution in [0.2, 0.25) is 0 Å². The van der Waals surface area contributed by atoms with Crippen molar-refractivity contribution in [3.05, 3.63) is 0 Å². The average Bonchev–Trinajstić information content (AvgIpc) is 2.45. The van der Waals surface area contributed by atoms with Gasteiger partial charge in [-0.05, 0) is 6.92 Å². The Labute approximate surface area is 151 Å². The molecular weight excluding hydrogens is 352 g/mol. The molecule has 0 spiro atoms. The van der Waals surface area contributed by atoms with Gasteiger partial charge in [-0.3, -0.25) is 24.0 Å². The normalized spacial score (nSPS) is 14.8. The van der Waals surface area contributed by atoms with Gasteiger partial charge in [0, 0.05) is 34.6 Å². The predicted octanol–water partition coefficient (Wildman–Crippen LogP) is 0.296. The standard InChI is InChI=1S/C16H24O10/c1-8(23-10(3)18)15(25-12(5)20)16(26-13(6)21)14(24-11(4)19)7-22-9(2)17/h8,14-16H,7H2,1-6H3. The zero-order chi connectivity index (χ0) is 20.4. The number of ether oxygens (including phenoxy) is 5. The molecule has 4 unspecified atom stereocenters. The first kappa shape index (κ1) is 23.4. The molecule has 10 heteroatoms. The van der Waals surface area contributed by atoms with Crippen LogP contribution in [-0.4, -0.2) is 60.9 Å². The lowest BCUT2D eigenvalue weighted by atomic mass is 10.0. The molecule has 0 saturated carbocycles. The lowest BCUT2D eigenvalue weighted by molar-refractivity contribution is -0.201. The molecule has 0 radical (unpaired) electrons. The molecule has 0 fully saturated rings. The summed E-state index contributed by atoms with van der Waals surface area (Å²) in [4.78, 5) is 56.6. The van der Waals surface area contributed by atoms with E-state index in [1.165, 1.54) is 6.92 Å². The smallest absolute Gasteiger partial charge is 0.303 e. The van der Waals surface area contributed by atoms with Crippen LogP contribution in [-0.2, 0) is 47.7 Å². The minimum absolute atomic E-state index is 0.461. The Morgan fingerprint density at radius 3 is 1.42 bits per heavy atom. The van der Waals surface area contributed by atoms with Crippen molar-refractivity contribution < 1.29 is 47.7 Å². The van der Waals surface area contributed by atoms with Crippen LogP contribution in [0.4, 0.5) is 0 Å². The highest BCUT2D eigenvalue weighted by molar-refractivity contribution is 5.69. The van der Waals surface area contributed by atoms with Gasteiger partial charge in [0.05, 0.1) is 0 Å². The topological polar surface area (TPSA) is 132 Å². The molecule has 0 rings (SSSR count). The van der Waals surface area contributed by atoms with Gasteiger partial charge in [0.1, 0.15) is 12.7 Å². The van der Waals surface area contributed by atoms with E-state index in [1.807, 2.05) is 0 Å². The van der Waals surface area contributed by atoms with Crippen molar-refractivity contribution in [2.24, 2.45) is 0 Å². The average molecular weight is 376 g/mol. The lowest BCUT2D eigenvalue weighted by Gasteiger charge is -2.34. The van der Waals surface area contributed by atoms with Crippen molar-refractivity contribution in [1.82, 2.24) is 0 Å². The van der Waals surface area contributed by atoms with E-state index >= 15 is 0 Å². The summed E-state index contributed by atoms with van der Waals surface area (Å²) in [6.45, 7) is 6.51. The van der Waals surface area contributed by atoms with Crippen molar-refractivity contribution in [2.75, 3.05) is 6.61 Å². The zero-order valence-electron chi connectivity index (χ0n) is 15.6. The van der Waals surface area contributed by atoms with Crippen LogP contribution in [0.25, 0.3) is 0 Å². The molecule has 0 saturated heterocycles. The maximum atomic E-state index is 11.5. The third-order valence-corrected chi connectivity index (χ3v) is 2.88. The minimum atomic E-state index is -1.38. The molecule has 0 amide bonds. The summed E-state index contributed by atoms with van der Waals surface area (Å²) in [5, 5.41) is 0. The zero-order valence-corrected chi connectivity index (χ0v) is 15.6. The van der Waals surface area contributed by atoms with E-state index < -0.39 is 60.9 Å². The molecule has 10 nitrogen and oxygen atoms in total. The van der Waals surface area contributed by atoms with Crippen molar-refractivity contribution in [2.45, 2.75) is 66.0 Å². The van der Waals surface area contributed by atoms with Crippen molar-refractivity contribution in [1.29, 1.82) is 0 Å². The lowest BCUT2D eigenvalue weighted by Crippen LogP contribution is -2.52. The molecule has 0 aliphatic rings. The SMILES string of the molecule is CC(=O)OCC(OC(C)=O)C(OC(C)=O)C(OC(C)=O)C(C)OC(C)=O. The van der Waals surface area contributed by atoms with E-state index in [2.05, 4.69) is 0 Å². The number of carbonyl (C=O) groups excluding carboxylic acids is 5. The van der Waals surface area contributed by atoms with Crippen LogP contribution in [0.5, 0.6) is 0 Å². The fraction of sp³-hybridized carbons (Fsp3) is 0.688. The molecule has 148 valence electrons. The monoisotopic (exact) mass is 376 g/mol. The van der Waals surface area contributed by atoms with Gasteiger partial charge in [0.2, 0.25) is 0 Å². The molecule has 0 aromatic carbocycles. The van der Waals surface area contributed by atoms with Crippen LogP contribution >= 0.6 is 0 Å². The fourth-order valence-electron chi connectivity index (χ4n) is 2.11. The first-order valence-corrected chi connectivity index (χ1v) is 7.76. The Kier molecular flexibility index (Phi) is 9.93. The van der Waals surface area contributed by atoms with Crippen LogP contribution < -0.4 is 0 Å². The van der Waals surface area contributed by atoms with Gasteiger partial charge in [-0.25, -0.2) is 0 Å². The van der Waals surface area contributed by atoms with Crippen LogP contribution in [0.15, 0.2) is 0 Å². The minimum Gasteiger partial charge on any atom is -0.462 e. The van der Waals surface area contributed by atoms with Gasteiger partial charge < -0.3 is 23.7 Å². The highest BCUT2D eigenvalue weighted by Gasteiger charge is 2.42. The maximum Gasteiger partial charge on any atom is 0.303 e. The molecule has 0 heterocycles. The molecule has 0 aromatic heterocycles. The summed E-state index contributed by atoms with van der Waals surface area (Å²) in [6.07, 6.45) is -5.02. The summed E-state index contributed by atoms with van der Waals surface area (Å²) < 4.78 is 25.1. The summed E-state index contributed by atoms with van der Waals surface area (Å²) >= 11 is 0. The van der Waals surface area contributed by atoms with Gasteiger partial charge in [-0.1, -0.05) is 0 Å². The first-order chi connectivity index (χ1) is 11.9. The molecule has 4 atom stereocenters. The van der Waals surface area contributed by atoms with Gasteiger partial charge in [-0.15, -0.1) is 0 Å². The molecule has 0 bridgehead atoms. The number of hydrogen-bond acceptors (Lipinski definition) is 10. The third-order valence-electron chi connectivity index (χ3n) is 2.88. The van der Waals surface area contributed by atoms with Crippen LogP contribution in [0.3, 0.4) is 0 Å². The van der Waals surface area contributed by atoms with E-state index in [0.717, 1.165) is 34.6 Å². The third kappa shape index (κ3) is 9.60. The van der Waals surface area contributed by atoms with E-state index in [1.54, 1.807) is 0 Å². The largest absolute Gasteiger partial charge is 0.462 e. The van der Waals surface area contributed by atoms with Crippen molar-refractivity contribution in [3.8, 4) is 0 Å². The Bertz CT molecular complexity index is 541. The second kappa shape index (κ2) is 11.1. The van der Waals surface area contributed by atoms with E-state index in [0.29, 0.717) is 0 Å². The molecule has 0 aromatic rings. The fourth-order valence-corrected chi connectivity index (χ4v) is 2.11. The number of carbonyl (C=O) groups is 5. The number of esters is 5. The summed E-state index contributed by atoms with van der Waals surface area (Å²) in [5.74, 6) is -3.61. The van der Waals surface area contributed by atoms with Crippen molar-refractivity contribution in [3.63, 3.8) is 0 Å². The van der Waals surface area contributed by atoms with E-state index in [-0.39, 0.29) is 0 Å². The highest BCUT2D eigenvalue weighted by atomic mass is 16.6.